The lowest BCUT2D eigenvalue weighted by atomic mass is 9.92. The Morgan fingerprint density at radius 3 is 2.67 bits per heavy atom. The van der Waals surface area contributed by atoms with Gasteiger partial charge in [0.2, 0.25) is 0 Å². The molecule has 5 atom stereocenters. The number of anilines is 1. The van der Waals surface area contributed by atoms with E-state index in [9.17, 15) is 20.1 Å². The summed E-state index contributed by atoms with van der Waals surface area (Å²) in [7, 11) is 1.49. The van der Waals surface area contributed by atoms with E-state index in [1.165, 1.54) is 24.3 Å². The summed E-state index contributed by atoms with van der Waals surface area (Å²) >= 11 is 5.90. The molecule has 3 aromatic rings. The Kier molecular flexibility index (Phi) is 5.56. The summed E-state index contributed by atoms with van der Waals surface area (Å²) in [5, 5.41) is 42.5. The molecule has 1 aliphatic rings. The first-order chi connectivity index (χ1) is 14.4. The van der Waals surface area contributed by atoms with E-state index >= 15 is 0 Å². The number of nitrogens with one attached hydrogen (secondary N) is 2. The van der Waals surface area contributed by atoms with Crippen LogP contribution in [0.1, 0.15) is 24.1 Å². The van der Waals surface area contributed by atoms with E-state index in [1.54, 1.807) is 24.3 Å². The lowest BCUT2D eigenvalue weighted by molar-refractivity contribution is -0.0271. The second kappa shape index (κ2) is 8.15. The number of amides is 2. The van der Waals surface area contributed by atoms with Crippen molar-refractivity contribution in [3.8, 4) is 0 Å². The van der Waals surface area contributed by atoms with E-state index in [2.05, 4.69) is 25.7 Å². The van der Waals surface area contributed by atoms with Crippen LogP contribution in [0.3, 0.4) is 0 Å². The van der Waals surface area contributed by atoms with Gasteiger partial charge in [0.25, 0.3) is 0 Å². The molecule has 1 aliphatic carbocycles. The van der Waals surface area contributed by atoms with Crippen molar-refractivity contribution >= 4 is 34.5 Å². The molecule has 0 saturated heterocycles. The molecule has 1 fully saturated rings. The van der Waals surface area contributed by atoms with Gasteiger partial charge in [-0.3, -0.25) is 5.32 Å². The monoisotopic (exact) mass is 432 g/mol. The Morgan fingerprint density at radius 1 is 1.23 bits per heavy atom. The number of hydrogen-bond donors (Lipinski definition) is 5. The summed E-state index contributed by atoms with van der Waals surface area (Å²) in [5.41, 5.74) is 0.996. The standard InChI is InChI=1S/C19H21ClN6O4/c1-21-19(30)25-17-12-7-24-26(18(12)23-8-22-17)13-6-11(15(28)16(13)29)14(27)9-2-4-10(20)5-3-9/h2-5,7-8,11,13-16,27-29H,6H2,1H3,(H2,21,22,23,25,30)/t11-,13-,14?,15-,16+/m1/s1. The maximum Gasteiger partial charge on any atom is 0.320 e. The van der Waals surface area contributed by atoms with Crippen LogP contribution in [0.4, 0.5) is 10.6 Å². The highest BCUT2D eigenvalue weighted by Crippen LogP contribution is 2.42. The van der Waals surface area contributed by atoms with Crippen molar-refractivity contribution in [1.82, 2.24) is 25.1 Å². The van der Waals surface area contributed by atoms with Crippen LogP contribution in [0.15, 0.2) is 36.8 Å². The molecule has 1 unspecified atom stereocenters. The molecule has 30 heavy (non-hydrogen) atoms. The van der Waals surface area contributed by atoms with E-state index in [1.807, 2.05) is 0 Å². The molecule has 11 heteroatoms. The first-order valence-electron chi connectivity index (χ1n) is 9.37. The number of carbonyl (C=O) groups excluding carboxylic acids is 1. The molecule has 158 valence electrons. The predicted molar refractivity (Wildman–Crippen MR) is 109 cm³/mol. The van der Waals surface area contributed by atoms with Crippen molar-refractivity contribution in [2.45, 2.75) is 30.8 Å². The van der Waals surface area contributed by atoms with Crippen molar-refractivity contribution in [3.63, 3.8) is 0 Å². The summed E-state index contributed by atoms with van der Waals surface area (Å²) in [5.74, 6) is -0.341. The Balaban J connectivity index is 1.63. The minimum absolute atomic E-state index is 0.269. The number of aliphatic hydroxyl groups is 3. The van der Waals surface area contributed by atoms with Gasteiger partial charge < -0.3 is 20.6 Å². The fraction of sp³-hybridized carbons (Fsp3) is 0.368. The van der Waals surface area contributed by atoms with E-state index in [4.69, 9.17) is 11.6 Å². The number of benzene rings is 1. The van der Waals surface area contributed by atoms with Crippen molar-refractivity contribution in [1.29, 1.82) is 0 Å². The van der Waals surface area contributed by atoms with Crippen LogP contribution < -0.4 is 10.6 Å². The number of urea groups is 1. The molecule has 1 aromatic carbocycles. The first-order valence-corrected chi connectivity index (χ1v) is 9.75. The zero-order chi connectivity index (χ0) is 21.4. The number of halogens is 1. The van der Waals surface area contributed by atoms with E-state index in [0.717, 1.165) is 0 Å². The van der Waals surface area contributed by atoms with Crippen LogP contribution in [0, 0.1) is 5.92 Å². The Bertz CT molecular complexity index is 1060. The molecular formula is C19H21ClN6O4. The van der Waals surface area contributed by atoms with Crippen LogP contribution in [-0.4, -0.2) is 60.4 Å². The summed E-state index contributed by atoms with van der Waals surface area (Å²) in [6, 6.07) is 5.64. The molecule has 4 rings (SSSR count). The molecule has 0 radical (unpaired) electrons. The van der Waals surface area contributed by atoms with Gasteiger partial charge in [-0.05, 0) is 24.1 Å². The molecule has 0 aliphatic heterocycles. The fourth-order valence-corrected chi connectivity index (χ4v) is 4.01. The predicted octanol–water partition coefficient (Wildman–Crippen LogP) is 1.25. The SMILES string of the molecule is CNC(=O)Nc1ncnc2c1cnn2[C@@H]1C[C@H](C(O)c2ccc(Cl)cc2)[C@@H](O)[C@H]1O. The van der Waals surface area contributed by atoms with E-state index in [-0.39, 0.29) is 12.2 Å². The molecule has 2 amide bonds. The number of rotatable bonds is 4. The third kappa shape index (κ3) is 3.58. The minimum Gasteiger partial charge on any atom is -0.390 e. The van der Waals surface area contributed by atoms with Gasteiger partial charge in [-0.15, -0.1) is 0 Å². The highest BCUT2D eigenvalue weighted by atomic mass is 35.5. The van der Waals surface area contributed by atoms with Gasteiger partial charge in [0.05, 0.1) is 29.8 Å². The van der Waals surface area contributed by atoms with Crippen molar-refractivity contribution in [3.05, 3.63) is 47.4 Å². The Morgan fingerprint density at radius 2 is 1.97 bits per heavy atom. The van der Waals surface area contributed by atoms with Crippen LogP contribution in [-0.2, 0) is 0 Å². The highest BCUT2D eigenvalue weighted by molar-refractivity contribution is 6.30. The van der Waals surface area contributed by atoms with Gasteiger partial charge in [0, 0.05) is 18.0 Å². The normalized spacial score (nSPS) is 24.7. The number of carbonyl (C=O) groups is 1. The van der Waals surface area contributed by atoms with Gasteiger partial charge in [-0.25, -0.2) is 19.4 Å². The first kappa shape index (κ1) is 20.5. The third-order valence-corrected chi connectivity index (χ3v) is 5.73. The van der Waals surface area contributed by atoms with Crippen LogP contribution in [0.25, 0.3) is 11.0 Å². The smallest absolute Gasteiger partial charge is 0.320 e. The van der Waals surface area contributed by atoms with Crippen LogP contribution >= 0.6 is 11.6 Å². The molecule has 2 aromatic heterocycles. The molecule has 2 heterocycles. The van der Waals surface area contributed by atoms with Crippen molar-refractivity contribution in [2.75, 3.05) is 12.4 Å². The molecule has 10 nitrogen and oxygen atoms in total. The number of aromatic nitrogens is 4. The van der Waals surface area contributed by atoms with E-state index < -0.39 is 36.3 Å². The zero-order valence-corrected chi connectivity index (χ0v) is 16.7. The van der Waals surface area contributed by atoms with Gasteiger partial charge in [-0.2, -0.15) is 5.10 Å². The molecule has 1 saturated carbocycles. The number of aliphatic hydroxyl groups excluding tert-OH is 3. The zero-order valence-electron chi connectivity index (χ0n) is 16.0. The lowest BCUT2D eigenvalue weighted by Crippen LogP contribution is -2.31. The average Bonchev–Trinajstić information content (AvgIpc) is 3.30. The molecule has 5 N–H and O–H groups in total. The number of fused-ring (bicyclic) bond motifs is 1. The van der Waals surface area contributed by atoms with Crippen LogP contribution in [0.5, 0.6) is 0 Å². The van der Waals surface area contributed by atoms with Gasteiger partial charge >= 0.3 is 6.03 Å². The van der Waals surface area contributed by atoms with Gasteiger partial charge in [-0.1, -0.05) is 23.7 Å². The number of nitrogens with zero attached hydrogens (tertiary/aromatic N) is 4. The largest absolute Gasteiger partial charge is 0.390 e. The molecule has 0 bridgehead atoms. The fourth-order valence-electron chi connectivity index (χ4n) is 3.88. The van der Waals surface area contributed by atoms with Crippen molar-refractivity contribution < 1.29 is 20.1 Å². The average molecular weight is 433 g/mol. The maximum absolute atomic E-state index is 11.6. The summed E-state index contributed by atoms with van der Waals surface area (Å²) in [6.07, 6.45) is -0.272. The Hall–Kier alpha value is -2.79. The molecular weight excluding hydrogens is 412 g/mol. The summed E-state index contributed by atoms with van der Waals surface area (Å²) in [6.45, 7) is 0. The number of hydrogen-bond acceptors (Lipinski definition) is 7. The maximum atomic E-state index is 11.6. The second-order valence-corrected chi connectivity index (χ2v) is 7.63. The summed E-state index contributed by atoms with van der Waals surface area (Å²) < 4.78 is 1.49. The highest BCUT2D eigenvalue weighted by Gasteiger charge is 2.46. The minimum atomic E-state index is -1.16. The molecule has 0 spiro atoms. The second-order valence-electron chi connectivity index (χ2n) is 7.20. The lowest BCUT2D eigenvalue weighted by Gasteiger charge is -2.22. The summed E-state index contributed by atoms with van der Waals surface area (Å²) in [4.78, 5) is 19.9. The third-order valence-electron chi connectivity index (χ3n) is 5.48. The quantitative estimate of drug-likeness (QED) is 0.417. The van der Waals surface area contributed by atoms with Crippen molar-refractivity contribution in [2.24, 2.45) is 5.92 Å². The van der Waals surface area contributed by atoms with Crippen LogP contribution in [0.2, 0.25) is 5.02 Å². The van der Waals surface area contributed by atoms with Gasteiger partial charge in [0.15, 0.2) is 5.65 Å². The Labute approximate surface area is 176 Å². The van der Waals surface area contributed by atoms with Gasteiger partial charge in [0.1, 0.15) is 18.2 Å². The van der Waals surface area contributed by atoms with E-state index in [0.29, 0.717) is 21.6 Å². The topological polar surface area (TPSA) is 145 Å².